The molecule has 3 heterocycles. The Balaban J connectivity index is 1.67. The number of anilines is 1. The molecule has 1 aromatic carbocycles. The molecule has 0 saturated heterocycles. The van der Waals surface area contributed by atoms with Crippen molar-refractivity contribution in [2.75, 3.05) is 31.2 Å². The highest BCUT2D eigenvalue weighted by molar-refractivity contribution is 5.79. The van der Waals surface area contributed by atoms with Gasteiger partial charge in [0.15, 0.2) is 5.65 Å². The number of aromatic nitrogens is 6. The van der Waals surface area contributed by atoms with Crippen molar-refractivity contribution >= 4 is 28.0 Å². The molecule has 9 nitrogen and oxygen atoms in total. The Morgan fingerprint density at radius 2 is 1.89 bits per heavy atom. The first-order valence-corrected chi connectivity index (χ1v) is 8.65. The maximum Gasteiger partial charge on any atom is 0.221 e. The Labute approximate surface area is 154 Å². The van der Waals surface area contributed by atoms with Crippen LogP contribution in [0.4, 0.5) is 5.82 Å². The molecule has 0 unspecified atom stereocenters. The highest BCUT2D eigenvalue weighted by Gasteiger charge is 2.13. The van der Waals surface area contributed by atoms with Crippen molar-refractivity contribution in [2.45, 2.75) is 6.54 Å². The molecule has 0 atom stereocenters. The SMILES string of the molecule is OCCN(CCO)c1cnc2nnn(Cc3ccc4ncccc4c3)c2n1. The number of nitrogens with zero attached hydrogens (tertiary/aromatic N) is 7. The molecule has 4 rings (SSSR count). The zero-order chi connectivity index (χ0) is 18.6. The van der Waals surface area contributed by atoms with Crippen molar-refractivity contribution in [3.8, 4) is 0 Å². The summed E-state index contributed by atoms with van der Waals surface area (Å²) in [5.41, 5.74) is 3.00. The maximum absolute atomic E-state index is 9.23. The first-order valence-electron chi connectivity index (χ1n) is 8.65. The topological polar surface area (TPSA) is 113 Å². The van der Waals surface area contributed by atoms with E-state index in [9.17, 15) is 10.2 Å². The number of fused-ring (bicyclic) bond motifs is 2. The molecule has 0 aliphatic rings. The Morgan fingerprint density at radius 3 is 2.70 bits per heavy atom. The van der Waals surface area contributed by atoms with E-state index in [-0.39, 0.29) is 13.2 Å². The number of hydrogen-bond acceptors (Lipinski definition) is 8. The van der Waals surface area contributed by atoms with E-state index >= 15 is 0 Å². The van der Waals surface area contributed by atoms with E-state index in [4.69, 9.17) is 0 Å². The quantitative estimate of drug-likeness (QED) is 0.490. The lowest BCUT2D eigenvalue weighted by Crippen LogP contribution is -2.30. The zero-order valence-electron chi connectivity index (χ0n) is 14.6. The van der Waals surface area contributed by atoms with E-state index in [0.29, 0.717) is 36.7 Å². The zero-order valence-corrected chi connectivity index (χ0v) is 14.6. The molecule has 138 valence electrons. The summed E-state index contributed by atoms with van der Waals surface area (Å²) in [5, 5.41) is 27.8. The average Bonchev–Trinajstić information content (AvgIpc) is 3.10. The maximum atomic E-state index is 9.23. The number of pyridine rings is 1. The number of rotatable bonds is 7. The summed E-state index contributed by atoms with van der Waals surface area (Å²) in [4.78, 5) is 15.0. The molecule has 4 aromatic rings. The van der Waals surface area contributed by atoms with Gasteiger partial charge in [-0.2, -0.15) is 0 Å². The lowest BCUT2D eigenvalue weighted by Gasteiger charge is -2.21. The van der Waals surface area contributed by atoms with E-state index in [2.05, 4.69) is 31.3 Å². The minimum absolute atomic E-state index is 0.0393. The predicted octanol–water partition coefficient (Wildman–Crippen LogP) is 0.609. The Bertz CT molecular complexity index is 1060. The minimum Gasteiger partial charge on any atom is -0.395 e. The summed E-state index contributed by atoms with van der Waals surface area (Å²) in [6, 6.07) is 9.97. The van der Waals surface area contributed by atoms with Gasteiger partial charge in [0.25, 0.3) is 0 Å². The molecule has 0 radical (unpaired) electrons. The van der Waals surface area contributed by atoms with E-state index in [1.165, 1.54) is 0 Å². The van der Waals surface area contributed by atoms with Crippen LogP contribution in [-0.2, 0) is 6.54 Å². The van der Waals surface area contributed by atoms with Gasteiger partial charge in [0.2, 0.25) is 5.65 Å². The van der Waals surface area contributed by atoms with Crippen LogP contribution in [-0.4, -0.2) is 66.5 Å². The smallest absolute Gasteiger partial charge is 0.221 e. The third kappa shape index (κ3) is 3.55. The summed E-state index contributed by atoms with van der Waals surface area (Å²) < 4.78 is 1.69. The van der Waals surface area contributed by atoms with Crippen LogP contribution in [0.3, 0.4) is 0 Å². The van der Waals surface area contributed by atoms with Crippen LogP contribution >= 0.6 is 0 Å². The second-order valence-electron chi connectivity index (χ2n) is 6.09. The van der Waals surface area contributed by atoms with Crippen LogP contribution in [0, 0.1) is 0 Å². The molecular formula is C18H19N7O2. The number of benzene rings is 1. The molecule has 27 heavy (non-hydrogen) atoms. The van der Waals surface area contributed by atoms with Crippen LogP contribution in [0.1, 0.15) is 5.56 Å². The summed E-state index contributed by atoms with van der Waals surface area (Å²) in [6.45, 7) is 1.14. The summed E-state index contributed by atoms with van der Waals surface area (Å²) in [6.07, 6.45) is 3.35. The van der Waals surface area contributed by atoms with E-state index in [0.717, 1.165) is 16.5 Å². The Morgan fingerprint density at radius 1 is 1.04 bits per heavy atom. The molecule has 0 aliphatic carbocycles. The second-order valence-corrected chi connectivity index (χ2v) is 6.09. The van der Waals surface area contributed by atoms with Crippen molar-refractivity contribution in [2.24, 2.45) is 0 Å². The fourth-order valence-corrected chi connectivity index (χ4v) is 2.98. The third-order valence-electron chi connectivity index (χ3n) is 4.28. The van der Waals surface area contributed by atoms with Crippen LogP contribution in [0.15, 0.2) is 42.7 Å². The molecule has 0 saturated carbocycles. The van der Waals surface area contributed by atoms with Gasteiger partial charge in [-0.05, 0) is 23.8 Å². The summed E-state index contributed by atoms with van der Waals surface area (Å²) >= 11 is 0. The van der Waals surface area contributed by atoms with E-state index in [1.807, 2.05) is 24.3 Å². The molecule has 0 fully saturated rings. The van der Waals surface area contributed by atoms with Crippen molar-refractivity contribution < 1.29 is 10.2 Å². The van der Waals surface area contributed by atoms with E-state index < -0.39 is 0 Å². The van der Waals surface area contributed by atoms with Gasteiger partial charge in [0.1, 0.15) is 5.82 Å². The minimum atomic E-state index is -0.0393. The van der Waals surface area contributed by atoms with E-state index in [1.54, 1.807) is 22.0 Å². The standard InChI is InChI=1S/C18H19N7O2/c26-8-6-24(7-9-27)16-11-20-17-18(21-16)25(23-22-17)12-13-3-4-15-14(10-13)2-1-5-19-15/h1-5,10-11,26-27H,6-9,12H2. The predicted molar refractivity (Wildman–Crippen MR) is 100 cm³/mol. The van der Waals surface area contributed by atoms with Crippen LogP contribution in [0.2, 0.25) is 0 Å². The Hall–Kier alpha value is -3.17. The van der Waals surface area contributed by atoms with Gasteiger partial charge in [-0.1, -0.05) is 17.3 Å². The number of hydrogen-bond donors (Lipinski definition) is 2. The molecule has 9 heteroatoms. The molecule has 0 amide bonds. The third-order valence-corrected chi connectivity index (χ3v) is 4.28. The Kier molecular flexibility index (Phi) is 4.86. The first-order chi connectivity index (χ1) is 13.3. The number of aliphatic hydroxyl groups is 2. The van der Waals surface area contributed by atoms with Gasteiger partial charge < -0.3 is 15.1 Å². The molecule has 2 N–H and O–H groups in total. The van der Waals surface area contributed by atoms with Gasteiger partial charge in [0, 0.05) is 24.7 Å². The lowest BCUT2D eigenvalue weighted by atomic mass is 10.1. The van der Waals surface area contributed by atoms with Crippen molar-refractivity contribution in [3.63, 3.8) is 0 Å². The highest BCUT2D eigenvalue weighted by Crippen LogP contribution is 2.17. The lowest BCUT2D eigenvalue weighted by molar-refractivity contribution is 0.280. The summed E-state index contributed by atoms with van der Waals surface area (Å²) in [5.74, 6) is 0.567. The highest BCUT2D eigenvalue weighted by atomic mass is 16.3. The second kappa shape index (κ2) is 7.60. The van der Waals surface area contributed by atoms with Crippen LogP contribution in [0.25, 0.3) is 22.2 Å². The van der Waals surface area contributed by atoms with Gasteiger partial charge in [0.05, 0.1) is 31.5 Å². The monoisotopic (exact) mass is 365 g/mol. The van der Waals surface area contributed by atoms with Gasteiger partial charge >= 0.3 is 0 Å². The molecule has 3 aromatic heterocycles. The summed E-state index contributed by atoms with van der Waals surface area (Å²) in [7, 11) is 0. The van der Waals surface area contributed by atoms with Crippen molar-refractivity contribution in [1.82, 2.24) is 29.9 Å². The molecule has 0 bridgehead atoms. The molecular weight excluding hydrogens is 346 g/mol. The normalized spacial score (nSPS) is 11.3. The van der Waals surface area contributed by atoms with Gasteiger partial charge in [-0.3, -0.25) is 4.98 Å². The first kappa shape index (κ1) is 17.3. The van der Waals surface area contributed by atoms with Gasteiger partial charge in [-0.25, -0.2) is 14.6 Å². The average molecular weight is 365 g/mol. The van der Waals surface area contributed by atoms with Crippen molar-refractivity contribution in [3.05, 3.63) is 48.3 Å². The fraction of sp³-hybridized carbons (Fsp3) is 0.278. The van der Waals surface area contributed by atoms with Crippen LogP contribution < -0.4 is 4.90 Å². The molecule has 0 aliphatic heterocycles. The van der Waals surface area contributed by atoms with Crippen molar-refractivity contribution in [1.29, 1.82) is 0 Å². The largest absolute Gasteiger partial charge is 0.395 e. The van der Waals surface area contributed by atoms with Gasteiger partial charge in [-0.15, -0.1) is 5.10 Å². The van der Waals surface area contributed by atoms with Crippen LogP contribution in [0.5, 0.6) is 0 Å². The molecule has 0 spiro atoms. The fourth-order valence-electron chi connectivity index (χ4n) is 2.98. The number of aliphatic hydroxyl groups excluding tert-OH is 2.